The maximum atomic E-state index is 5.87. The summed E-state index contributed by atoms with van der Waals surface area (Å²) in [6.45, 7) is 4.28. The third-order valence-corrected chi connectivity index (χ3v) is 3.76. The van der Waals surface area contributed by atoms with Crippen molar-refractivity contribution < 1.29 is 4.74 Å². The van der Waals surface area contributed by atoms with Crippen LogP contribution in [0.3, 0.4) is 0 Å². The molecule has 2 aromatic rings. The Morgan fingerprint density at radius 3 is 2.43 bits per heavy atom. The molecule has 0 fully saturated rings. The molecule has 0 heterocycles. The van der Waals surface area contributed by atoms with E-state index in [1.165, 1.54) is 22.3 Å². The van der Waals surface area contributed by atoms with Crippen molar-refractivity contribution >= 4 is 0 Å². The second-order valence-corrected chi connectivity index (χ2v) is 5.53. The molecule has 0 aromatic heterocycles. The second kappa shape index (κ2) is 6.01. The topological polar surface area (TPSA) is 9.23 Å². The molecule has 0 aliphatic heterocycles. The van der Waals surface area contributed by atoms with Crippen molar-refractivity contribution in [3.05, 3.63) is 77.6 Å². The minimum Gasteiger partial charge on any atom is -0.458 e. The summed E-state index contributed by atoms with van der Waals surface area (Å²) in [7, 11) is 0. The lowest BCUT2D eigenvalue weighted by molar-refractivity contribution is 0.439. The summed E-state index contributed by atoms with van der Waals surface area (Å²) >= 11 is 0. The van der Waals surface area contributed by atoms with E-state index in [4.69, 9.17) is 4.74 Å². The first-order valence-electron chi connectivity index (χ1n) is 7.44. The molecule has 0 amide bonds. The average Bonchev–Trinajstić information content (AvgIpc) is 2.52. The molecule has 0 radical (unpaired) electrons. The Kier molecular flexibility index (Phi) is 3.92. The van der Waals surface area contributed by atoms with Gasteiger partial charge in [-0.15, -0.1) is 0 Å². The SMILES string of the molecule is Cc1ccc(C)c(-c2ccc(OC3=CCCC=C3)cc2)c1. The minimum absolute atomic E-state index is 0.891. The summed E-state index contributed by atoms with van der Waals surface area (Å²) in [5, 5.41) is 0. The molecule has 0 bridgehead atoms. The summed E-state index contributed by atoms with van der Waals surface area (Å²) in [5.41, 5.74) is 5.11. The van der Waals surface area contributed by atoms with Gasteiger partial charge in [-0.1, -0.05) is 42.0 Å². The van der Waals surface area contributed by atoms with E-state index in [0.717, 1.165) is 24.4 Å². The fourth-order valence-electron chi connectivity index (χ4n) is 2.55. The molecule has 0 saturated carbocycles. The van der Waals surface area contributed by atoms with Crippen LogP contribution in [0.15, 0.2) is 66.5 Å². The summed E-state index contributed by atoms with van der Waals surface area (Å²) < 4.78 is 5.87. The van der Waals surface area contributed by atoms with E-state index in [0.29, 0.717) is 0 Å². The van der Waals surface area contributed by atoms with Crippen LogP contribution >= 0.6 is 0 Å². The van der Waals surface area contributed by atoms with Crippen LogP contribution in [0.5, 0.6) is 5.75 Å². The van der Waals surface area contributed by atoms with E-state index in [1.54, 1.807) is 0 Å². The van der Waals surface area contributed by atoms with Crippen molar-refractivity contribution in [3.63, 3.8) is 0 Å². The Bertz CT molecular complexity index is 690. The fourth-order valence-corrected chi connectivity index (χ4v) is 2.55. The number of ether oxygens (including phenoxy) is 1. The zero-order valence-electron chi connectivity index (χ0n) is 12.6. The van der Waals surface area contributed by atoms with Gasteiger partial charge in [0.2, 0.25) is 0 Å². The van der Waals surface area contributed by atoms with Crippen molar-refractivity contribution in [3.8, 4) is 16.9 Å². The molecule has 2 aromatic carbocycles. The summed E-state index contributed by atoms with van der Waals surface area (Å²) in [4.78, 5) is 0. The highest BCUT2D eigenvalue weighted by molar-refractivity contribution is 5.68. The Morgan fingerprint density at radius 2 is 1.71 bits per heavy atom. The lowest BCUT2D eigenvalue weighted by Gasteiger charge is -2.11. The molecule has 1 heteroatoms. The van der Waals surface area contributed by atoms with Gasteiger partial charge in [-0.05, 0) is 67.7 Å². The quantitative estimate of drug-likeness (QED) is 0.710. The molecule has 1 aliphatic rings. The van der Waals surface area contributed by atoms with Crippen LogP contribution in [0.1, 0.15) is 24.0 Å². The van der Waals surface area contributed by atoms with Gasteiger partial charge in [0.1, 0.15) is 11.5 Å². The third kappa shape index (κ3) is 3.25. The maximum Gasteiger partial charge on any atom is 0.127 e. The predicted molar refractivity (Wildman–Crippen MR) is 88.4 cm³/mol. The van der Waals surface area contributed by atoms with E-state index in [2.05, 4.69) is 56.3 Å². The lowest BCUT2D eigenvalue weighted by atomic mass is 9.98. The third-order valence-electron chi connectivity index (χ3n) is 3.76. The van der Waals surface area contributed by atoms with E-state index >= 15 is 0 Å². The number of benzene rings is 2. The number of aryl methyl sites for hydroxylation is 2. The Balaban J connectivity index is 1.82. The standard InChI is InChI=1S/C20H20O/c1-15-8-9-16(2)20(14-15)17-10-12-19(13-11-17)21-18-6-4-3-5-7-18/h4,6-14H,3,5H2,1-2H3. The van der Waals surface area contributed by atoms with Crippen molar-refractivity contribution in [1.82, 2.24) is 0 Å². The molecule has 3 rings (SSSR count). The Hall–Kier alpha value is -2.28. The number of allylic oxidation sites excluding steroid dienone is 3. The van der Waals surface area contributed by atoms with Gasteiger partial charge >= 0.3 is 0 Å². The van der Waals surface area contributed by atoms with E-state index in [-0.39, 0.29) is 0 Å². The van der Waals surface area contributed by atoms with E-state index in [9.17, 15) is 0 Å². The first kappa shape index (κ1) is 13.7. The molecule has 1 nitrogen and oxygen atoms in total. The molecule has 1 aliphatic carbocycles. The van der Waals surface area contributed by atoms with Gasteiger partial charge in [0.25, 0.3) is 0 Å². The molecule has 106 valence electrons. The maximum absolute atomic E-state index is 5.87. The largest absolute Gasteiger partial charge is 0.458 e. The van der Waals surface area contributed by atoms with Crippen LogP contribution in [-0.2, 0) is 0 Å². The molecule has 0 spiro atoms. The van der Waals surface area contributed by atoms with E-state index in [1.807, 2.05) is 18.2 Å². The second-order valence-electron chi connectivity index (χ2n) is 5.53. The van der Waals surface area contributed by atoms with Crippen molar-refractivity contribution in [2.24, 2.45) is 0 Å². The molecule has 0 atom stereocenters. The Morgan fingerprint density at radius 1 is 0.905 bits per heavy atom. The van der Waals surface area contributed by atoms with Crippen LogP contribution in [0, 0.1) is 13.8 Å². The minimum atomic E-state index is 0.891. The summed E-state index contributed by atoms with van der Waals surface area (Å²) in [5.74, 6) is 1.84. The molecule has 0 saturated heterocycles. The van der Waals surface area contributed by atoms with Gasteiger partial charge in [-0.2, -0.15) is 0 Å². The molecule has 0 unspecified atom stereocenters. The molecule has 21 heavy (non-hydrogen) atoms. The fraction of sp³-hybridized carbons (Fsp3) is 0.200. The highest BCUT2D eigenvalue weighted by Gasteiger charge is 2.04. The molecular weight excluding hydrogens is 256 g/mol. The highest BCUT2D eigenvalue weighted by Crippen LogP contribution is 2.27. The van der Waals surface area contributed by atoms with Gasteiger partial charge in [0, 0.05) is 0 Å². The number of rotatable bonds is 3. The van der Waals surface area contributed by atoms with Gasteiger partial charge in [0.05, 0.1) is 0 Å². The monoisotopic (exact) mass is 276 g/mol. The van der Waals surface area contributed by atoms with Crippen LogP contribution in [0.25, 0.3) is 11.1 Å². The van der Waals surface area contributed by atoms with Gasteiger partial charge < -0.3 is 4.74 Å². The van der Waals surface area contributed by atoms with Gasteiger partial charge in [0.15, 0.2) is 0 Å². The lowest BCUT2D eigenvalue weighted by Crippen LogP contribution is -1.95. The summed E-state index contributed by atoms with van der Waals surface area (Å²) in [6.07, 6.45) is 8.51. The zero-order valence-corrected chi connectivity index (χ0v) is 12.6. The highest BCUT2D eigenvalue weighted by atomic mass is 16.5. The van der Waals surface area contributed by atoms with Gasteiger partial charge in [-0.3, -0.25) is 0 Å². The first-order valence-corrected chi connectivity index (χ1v) is 7.44. The molecular formula is C20H20O. The van der Waals surface area contributed by atoms with E-state index < -0.39 is 0 Å². The first-order chi connectivity index (χ1) is 10.2. The Labute approximate surface area is 126 Å². The van der Waals surface area contributed by atoms with Crippen molar-refractivity contribution in [2.45, 2.75) is 26.7 Å². The normalized spacial score (nSPS) is 13.9. The van der Waals surface area contributed by atoms with Crippen LogP contribution in [0.4, 0.5) is 0 Å². The van der Waals surface area contributed by atoms with Crippen LogP contribution < -0.4 is 4.74 Å². The predicted octanol–water partition coefficient (Wildman–Crippen LogP) is 5.58. The van der Waals surface area contributed by atoms with Crippen LogP contribution in [0.2, 0.25) is 0 Å². The van der Waals surface area contributed by atoms with Gasteiger partial charge in [-0.25, -0.2) is 0 Å². The summed E-state index contributed by atoms with van der Waals surface area (Å²) in [6, 6.07) is 14.9. The molecule has 0 N–H and O–H groups in total. The smallest absolute Gasteiger partial charge is 0.127 e. The zero-order chi connectivity index (χ0) is 14.7. The van der Waals surface area contributed by atoms with Crippen molar-refractivity contribution in [2.75, 3.05) is 0 Å². The number of hydrogen-bond acceptors (Lipinski definition) is 1. The van der Waals surface area contributed by atoms with Crippen molar-refractivity contribution in [1.29, 1.82) is 0 Å². The van der Waals surface area contributed by atoms with Crippen LogP contribution in [-0.4, -0.2) is 0 Å². The number of hydrogen-bond donors (Lipinski definition) is 0. The average molecular weight is 276 g/mol.